The second-order valence-electron chi connectivity index (χ2n) is 4.50. The molecule has 0 unspecified atom stereocenters. The van der Waals surface area contributed by atoms with E-state index in [4.69, 9.17) is 16.3 Å². The number of Topliss-reactive ketones (excluding diaryl/α,β-unsaturated/α-hetero) is 1. The molecule has 110 valence electrons. The van der Waals surface area contributed by atoms with Gasteiger partial charge >= 0.3 is 0 Å². The highest BCUT2D eigenvalue weighted by Gasteiger charge is 2.23. The second-order valence-corrected chi connectivity index (χ2v) is 4.77. The van der Waals surface area contributed by atoms with Gasteiger partial charge in [-0.1, -0.05) is 0 Å². The average Bonchev–Trinajstić information content (AvgIpc) is 2.54. The number of nitriles is 1. The fourth-order valence-electron chi connectivity index (χ4n) is 2.19. The number of rotatable bonds is 4. The van der Waals surface area contributed by atoms with Gasteiger partial charge in [0.2, 0.25) is 0 Å². The third-order valence-electron chi connectivity index (χ3n) is 3.19. The van der Waals surface area contributed by atoms with Gasteiger partial charge in [-0.05, 0) is 29.8 Å². The van der Waals surface area contributed by atoms with Gasteiger partial charge in [0, 0.05) is 13.1 Å². The van der Waals surface area contributed by atoms with Crippen LogP contribution in [0.3, 0.4) is 0 Å². The molecule has 1 aliphatic heterocycles. The van der Waals surface area contributed by atoms with Gasteiger partial charge in [0.1, 0.15) is 17.5 Å². The summed E-state index contributed by atoms with van der Waals surface area (Å²) in [7, 11) is 0. The Balaban J connectivity index is 2.52. The van der Waals surface area contributed by atoms with Crippen LogP contribution in [0.15, 0.2) is 29.8 Å². The van der Waals surface area contributed by atoms with Crippen LogP contribution in [0.25, 0.3) is 5.70 Å². The number of allylic oxidation sites excluding steroid dienone is 1. The van der Waals surface area contributed by atoms with Gasteiger partial charge in [-0.2, -0.15) is 5.26 Å². The number of hydrogen-bond acceptors (Lipinski definition) is 4. The minimum atomic E-state index is -0.440. The normalized spacial score (nSPS) is 16.1. The molecule has 0 aromatic heterocycles. The number of hydrogen-bond donors (Lipinski definition) is 0. The molecule has 0 spiro atoms. The first-order valence-corrected chi connectivity index (χ1v) is 7.03. The SMILES string of the molecule is N#C/C(C(=O)CCl)=C(\c1ccc(F)cc1)N1CCOCC1. The summed E-state index contributed by atoms with van der Waals surface area (Å²) >= 11 is 5.58. The summed E-state index contributed by atoms with van der Waals surface area (Å²) in [4.78, 5) is 13.8. The van der Waals surface area contributed by atoms with Crippen molar-refractivity contribution >= 4 is 23.1 Å². The van der Waals surface area contributed by atoms with Gasteiger partial charge in [-0.3, -0.25) is 4.79 Å². The first kappa shape index (κ1) is 15.5. The Bertz CT molecular complexity index is 587. The van der Waals surface area contributed by atoms with Crippen molar-refractivity contribution in [2.45, 2.75) is 0 Å². The monoisotopic (exact) mass is 308 g/mol. The summed E-state index contributed by atoms with van der Waals surface area (Å²) in [5.41, 5.74) is 1.11. The van der Waals surface area contributed by atoms with Crippen molar-refractivity contribution in [1.29, 1.82) is 5.26 Å². The molecule has 4 nitrogen and oxygen atoms in total. The van der Waals surface area contributed by atoms with Gasteiger partial charge in [-0.25, -0.2) is 4.39 Å². The standard InChI is InChI=1S/C15H14ClFN2O2/c16-9-14(20)13(10-18)15(19-5-7-21-8-6-19)11-1-3-12(17)4-2-11/h1-4H,5-9H2/b15-13-. The lowest BCUT2D eigenvalue weighted by atomic mass is 10.0. The molecular formula is C15H14ClFN2O2. The molecule has 0 N–H and O–H groups in total. The maximum absolute atomic E-state index is 13.1. The summed E-state index contributed by atoms with van der Waals surface area (Å²) in [6.45, 7) is 2.15. The van der Waals surface area contributed by atoms with E-state index in [9.17, 15) is 14.4 Å². The number of halogens is 2. The molecule has 2 rings (SSSR count). The van der Waals surface area contributed by atoms with Gasteiger partial charge < -0.3 is 9.64 Å². The van der Waals surface area contributed by atoms with Crippen LogP contribution in [0.2, 0.25) is 0 Å². The van der Waals surface area contributed by atoms with E-state index >= 15 is 0 Å². The predicted molar refractivity (Wildman–Crippen MR) is 77.1 cm³/mol. The molecule has 1 aromatic carbocycles. The minimum Gasteiger partial charge on any atom is -0.378 e. The van der Waals surface area contributed by atoms with E-state index in [2.05, 4.69) is 0 Å². The summed E-state index contributed by atoms with van der Waals surface area (Å²) < 4.78 is 18.4. The highest BCUT2D eigenvalue weighted by molar-refractivity contribution is 6.32. The van der Waals surface area contributed by atoms with Crippen molar-refractivity contribution in [3.8, 4) is 6.07 Å². The topological polar surface area (TPSA) is 53.3 Å². The van der Waals surface area contributed by atoms with Gasteiger partial charge in [0.05, 0.1) is 24.8 Å². The Hall–Kier alpha value is -1.90. The van der Waals surface area contributed by atoms with E-state index < -0.39 is 5.78 Å². The highest BCUT2D eigenvalue weighted by atomic mass is 35.5. The Morgan fingerprint density at radius 3 is 2.48 bits per heavy atom. The Kier molecular flexibility index (Phi) is 5.32. The molecule has 1 saturated heterocycles. The van der Waals surface area contributed by atoms with Crippen LogP contribution in [0.1, 0.15) is 5.56 Å². The van der Waals surface area contributed by atoms with Crippen molar-refractivity contribution < 1.29 is 13.9 Å². The van der Waals surface area contributed by atoms with Crippen molar-refractivity contribution in [3.63, 3.8) is 0 Å². The fraction of sp³-hybridized carbons (Fsp3) is 0.333. The molecule has 0 saturated carbocycles. The number of benzene rings is 1. The molecule has 0 aliphatic carbocycles. The van der Waals surface area contributed by atoms with Crippen LogP contribution in [0, 0.1) is 17.1 Å². The number of nitrogens with zero attached hydrogens (tertiary/aromatic N) is 2. The molecular weight excluding hydrogens is 295 g/mol. The van der Waals surface area contributed by atoms with Crippen LogP contribution in [-0.4, -0.2) is 42.9 Å². The molecule has 1 aromatic rings. The van der Waals surface area contributed by atoms with Crippen LogP contribution in [-0.2, 0) is 9.53 Å². The van der Waals surface area contributed by atoms with E-state index in [1.807, 2.05) is 11.0 Å². The van der Waals surface area contributed by atoms with Gasteiger partial charge in [0.25, 0.3) is 0 Å². The van der Waals surface area contributed by atoms with E-state index in [1.165, 1.54) is 12.1 Å². The Morgan fingerprint density at radius 1 is 1.33 bits per heavy atom. The number of carbonyl (C=O) groups is 1. The lowest BCUT2D eigenvalue weighted by Crippen LogP contribution is -2.36. The largest absolute Gasteiger partial charge is 0.378 e. The summed E-state index contributed by atoms with van der Waals surface area (Å²) in [5.74, 6) is -1.08. The zero-order valence-corrected chi connectivity index (χ0v) is 12.1. The lowest BCUT2D eigenvalue weighted by Gasteiger charge is -2.31. The Labute approximate surface area is 127 Å². The number of morpholine rings is 1. The third-order valence-corrected chi connectivity index (χ3v) is 3.44. The summed E-state index contributed by atoms with van der Waals surface area (Å²) in [6.07, 6.45) is 0. The van der Waals surface area contributed by atoms with Crippen molar-refractivity contribution in [2.75, 3.05) is 32.2 Å². The van der Waals surface area contributed by atoms with E-state index in [1.54, 1.807) is 12.1 Å². The number of ether oxygens (including phenoxy) is 1. The summed E-state index contributed by atoms with van der Waals surface area (Å²) in [6, 6.07) is 7.64. The lowest BCUT2D eigenvalue weighted by molar-refractivity contribution is -0.113. The molecule has 1 aliphatic rings. The zero-order valence-electron chi connectivity index (χ0n) is 11.3. The second kappa shape index (κ2) is 7.21. The Morgan fingerprint density at radius 2 is 1.95 bits per heavy atom. The molecule has 1 fully saturated rings. The van der Waals surface area contributed by atoms with Gasteiger partial charge in [0.15, 0.2) is 5.78 Å². The smallest absolute Gasteiger partial charge is 0.190 e. The van der Waals surface area contributed by atoms with Crippen molar-refractivity contribution in [1.82, 2.24) is 4.90 Å². The molecule has 21 heavy (non-hydrogen) atoms. The van der Waals surface area contributed by atoms with E-state index in [0.717, 1.165) is 0 Å². The van der Waals surface area contributed by atoms with Crippen LogP contribution in [0.4, 0.5) is 4.39 Å². The van der Waals surface area contributed by atoms with Crippen LogP contribution in [0.5, 0.6) is 0 Å². The molecule has 1 heterocycles. The maximum atomic E-state index is 13.1. The zero-order chi connectivity index (χ0) is 15.2. The minimum absolute atomic E-state index is 0.00138. The average molecular weight is 309 g/mol. The van der Waals surface area contributed by atoms with Crippen LogP contribution >= 0.6 is 11.6 Å². The molecule has 0 amide bonds. The third kappa shape index (κ3) is 3.60. The maximum Gasteiger partial charge on any atom is 0.190 e. The van der Waals surface area contributed by atoms with Crippen molar-refractivity contribution in [3.05, 3.63) is 41.2 Å². The number of carbonyl (C=O) groups excluding carboxylic acids is 1. The highest BCUT2D eigenvalue weighted by Crippen LogP contribution is 2.25. The summed E-state index contributed by atoms with van der Waals surface area (Å²) in [5, 5.41) is 9.33. The quantitative estimate of drug-likeness (QED) is 0.486. The van der Waals surface area contributed by atoms with Crippen molar-refractivity contribution in [2.24, 2.45) is 0 Å². The first-order chi connectivity index (χ1) is 10.2. The molecule has 0 atom stereocenters. The van der Waals surface area contributed by atoms with Crippen LogP contribution < -0.4 is 0 Å². The number of alkyl halides is 1. The van der Waals surface area contributed by atoms with E-state index in [0.29, 0.717) is 37.6 Å². The molecule has 6 heteroatoms. The fourth-order valence-corrected chi connectivity index (χ4v) is 2.33. The number of ketones is 1. The molecule has 0 bridgehead atoms. The van der Waals surface area contributed by atoms with Gasteiger partial charge in [-0.15, -0.1) is 11.6 Å². The predicted octanol–water partition coefficient (Wildman–Crippen LogP) is 2.20. The molecule has 0 radical (unpaired) electrons. The van der Waals surface area contributed by atoms with E-state index in [-0.39, 0.29) is 17.3 Å². The first-order valence-electron chi connectivity index (χ1n) is 6.49.